The Labute approximate surface area is 350 Å². The van der Waals surface area contributed by atoms with E-state index in [9.17, 15) is 33.9 Å². The Morgan fingerprint density at radius 1 is 0.633 bits per heavy atom. The first kappa shape index (κ1) is 46.4. The summed E-state index contributed by atoms with van der Waals surface area (Å²) in [6.07, 6.45) is 3.11. The maximum Gasteiger partial charge on any atom is 0.243 e. The predicted octanol–water partition coefficient (Wildman–Crippen LogP) is 1.20. The van der Waals surface area contributed by atoms with Crippen LogP contribution in [0.1, 0.15) is 56.7 Å². The molecule has 0 aliphatic carbocycles. The van der Waals surface area contributed by atoms with Gasteiger partial charge in [0.25, 0.3) is 0 Å². The van der Waals surface area contributed by atoms with Gasteiger partial charge in [0.1, 0.15) is 36.0 Å². The number of carbonyl (C=O) groups is 6. The Balaban J connectivity index is 1.61. The predicted molar refractivity (Wildman–Crippen MR) is 229 cm³/mol. The number of para-hydroxylation sites is 1. The number of hydrogen-bond acceptors (Lipinski definition) is 9. The summed E-state index contributed by atoms with van der Waals surface area (Å²) in [6.45, 7) is 5.46. The molecule has 0 aliphatic rings. The van der Waals surface area contributed by atoms with Crippen molar-refractivity contribution in [3.63, 3.8) is 0 Å². The van der Waals surface area contributed by atoms with E-state index < -0.39 is 77.6 Å². The molecular formula is C44H59N9O7. The average molecular weight is 826 g/mol. The van der Waals surface area contributed by atoms with Crippen LogP contribution in [-0.4, -0.2) is 95.4 Å². The molecule has 322 valence electrons. The second-order valence-corrected chi connectivity index (χ2v) is 15.3. The number of aromatic nitrogens is 1. The number of fused-ring (bicyclic) bond motifs is 1. The second-order valence-electron chi connectivity index (χ2n) is 15.3. The topological polar surface area (TPSA) is 263 Å². The molecule has 16 nitrogen and oxygen atoms in total. The minimum atomic E-state index is -1.24. The lowest BCUT2D eigenvalue weighted by Gasteiger charge is -2.28. The smallest absolute Gasteiger partial charge is 0.243 e. The zero-order chi connectivity index (χ0) is 43.8. The summed E-state index contributed by atoms with van der Waals surface area (Å²) in [5, 5.41) is 27.4. The van der Waals surface area contributed by atoms with Crippen LogP contribution in [0.2, 0.25) is 0 Å². The molecule has 12 N–H and O–H groups in total. The first-order valence-electron chi connectivity index (χ1n) is 20.3. The third kappa shape index (κ3) is 13.7. The summed E-state index contributed by atoms with van der Waals surface area (Å²) < 4.78 is 0. The van der Waals surface area contributed by atoms with Crippen LogP contribution in [0, 0.1) is 5.92 Å². The second kappa shape index (κ2) is 22.8. The van der Waals surface area contributed by atoms with Gasteiger partial charge in [0.2, 0.25) is 35.4 Å². The van der Waals surface area contributed by atoms with E-state index in [1.165, 1.54) is 12.1 Å². The summed E-state index contributed by atoms with van der Waals surface area (Å²) in [7, 11) is 1.61. The molecule has 3 aromatic carbocycles. The summed E-state index contributed by atoms with van der Waals surface area (Å²) in [4.78, 5) is 85.0. The molecular weight excluding hydrogens is 767 g/mol. The molecule has 4 rings (SSSR count). The number of phenolic OH excluding ortho intramolecular Hbond substituents is 1. The molecule has 0 fully saturated rings. The zero-order valence-electron chi connectivity index (χ0n) is 34.6. The van der Waals surface area contributed by atoms with Crippen molar-refractivity contribution in [2.45, 2.75) is 95.5 Å². The molecule has 4 aromatic rings. The Bertz CT molecular complexity index is 2060. The maximum atomic E-state index is 14.4. The third-order valence-corrected chi connectivity index (χ3v) is 10.3. The average Bonchev–Trinajstić information content (AvgIpc) is 3.64. The Hall–Kier alpha value is -6.26. The highest BCUT2D eigenvalue weighted by Crippen LogP contribution is 2.20. The molecule has 0 saturated heterocycles. The number of likely N-dealkylation sites (N-methyl/N-ethyl adjacent to an activating group) is 1. The lowest BCUT2D eigenvalue weighted by molar-refractivity contribution is -0.135. The van der Waals surface area contributed by atoms with Crippen LogP contribution in [0.15, 0.2) is 85.1 Å². The number of aromatic hydroxyl groups is 1. The molecule has 60 heavy (non-hydrogen) atoms. The zero-order valence-corrected chi connectivity index (χ0v) is 34.6. The quantitative estimate of drug-likeness (QED) is 0.0482. The van der Waals surface area contributed by atoms with Crippen molar-refractivity contribution in [3.05, 3.63) is 102 Å². The number of nitrogens with one attached hydrogen (secondary N) is 7. The van der Waals surface area contributed by atoms with Crippen molar-refractivity contribution in [3.8, 4) is 5.75 Å². The number of primary amides is 1. The standard InChI is InChI=1S/C44H59N9O7/c1-26(2)38(44(60)50-35(39(46)55)22-28-12-6-5-7-13-28)53-41(57)34(16-10-11-21-45)49-43(59)37(24-30-25-48-33-15-9-8-14-32(30)33)52-42(58)36(51-40(56)27(3)47-4)23-29-17-19-31(54)20-18-29/h5-9,12-15,17-20,25-27,34-38,47-48,54H,10-11,16,21-24,45H2,1-4H3,(H2,46,55)(H,49,59)(H,50,60)(H,51,56)(H,52,58)(H,53,57)/t27-,34+,35+,36+,37-,38+/m1/s1. The SMILES string of the molecule is CN[C@H](C)C(=O)N[C@@H](Cc1ccc(O)cc1)C(=O)N[C@H](Cc1c[nH]c2ccccc12)C(=O)N[C@@H](CCCCN)C(=O)N[C@H](C(=O)N[C@@H](Cc1ccccc1)C(N)=O)C(C)C. The van der Waals surface area contributed by atoms with E-state index in [0.29, 0.717) is 30.5 Å². The number of rotatable bonds is 23. The van der Waals surface area contributed by atoms with Gasteiger partial charge in [-0.25, -0.2) is 0 Å². The van der Waals surface area contributed by atoms with Crippen LogP contribution >= 0.6 is 0 Å². The van der Waals surface area contributed by atoms with E-state index in [2.05, 4.69) is 36.9 Å². The van der Waals surface area contributed by atoms with Crippen LogP contribution in [0.3, 0.4) is 0 Å². The first-order chi connectivity index (χ1) is 28.7. The molecule has 0 radical (unpaired) electrons. The molecule has 6 amide bonds. The molecule has 0 saturated carbocycles. The summed E-state index contributed by atoms with van der Waals surface area (Å²) >= 11 is 0. The summed E-state index contributed by atoms with van der Waals surface area (Å²) in [5.74, 6) is -4.19. The van der Waals surface area contributed by atoms with Crippen molar-refractivity contribution >= 4 is 46.3 Å². The van der Waals surface area contributed by atoms with E-state index in [1.807, 2.05) is 54.6 Å². The molecule has 1 heterocycles. The van der Waals surface area contributed by atoms with E-state index in [1.54, 1.807) is 46.1 Å². The third-order valence-electron chi connectivity index (χ3n) is 10.3. The van der Waals surface area contributed by atoms with Crippen LogP contribution in [0.4, 0.5) is 0 Å². The lowest BCUT2D eigenvalue weighted by atomic mass is 9.99. The number of amides is 6. The van der Waals surface area contributed by atoms with Gasteiger partial charge in [0, 0.05) is 36.4 Å². The summed E-state index contributed by atoms with van der Waals surface area (Å²) in [5.41, 5.74) is 14.4. The monoisotopic (exact) mass is 825 g/mol. The number of carbonyl (C=O) groups excluding carboxylic acids is 6. The van der Waals surface area contributed by atoms with Crippen LogP contribution in [-0.2, 0) is 48.0 Å². The number of unbranched alkanes of at least 4 members (excludes halogenated alkanes) is 1. The van der Waals surface area contributed by atoms with E-state index in [4.69, 9.17) is 11.5 Å². The molecule has 0 unspecified atom stereocenters. The first-order valence-corrected chi connectivity index (χ1v) is 20.3. The van der Waals surface area contributed by atoms with Gasteiger partial charge >= 0.3 is 0 Å². The molecule has 16 heteroatoms. The summed E-state index contributed by atoms with van der Waals surface area (Å²) in [6, 6.07) is 16.4. The number of phenols is 1. The van der Waals surface area contributed by atoms with Gasteiger partial charge < -0.3 is 53.5 Å². The molecule has 0 aliphatic heterocycles. The van der Waals surface area contributed by atoms with Gasteiger partial charge in [-0.05, 0) is 80.6 Å². The van der Waals surface area contributed by atoms with Crippen molar-refractivity contribution in [1.29, 1.82) is 0 Å². The number of H-pyrrole nitrogens is 1. The largest absolute Gasteiger partial charge is 0.508 e. The normalized spacial score (nSPS) is 14.2. The highest BCUT2D eigenvalue weighted by atomic mass is 16.3. The molecule has 0 spiro atoms. The van der Waals surface area contributed by atoms with Gasteiger partial charge in [-0.1, -0.05) is 74.5 Å². The number of nitrogens with two attached hydrogens (primary N) is 2. The highest BCUT2D eigenvalue weighted by molar-refractivity contribution is 5.97. The number of aromatic amines is 1. The van der Waals surface area contributed by atoms with Crippen LogP contribution < -0.4 is 43.4 Å². The molecule has 0 bridgehead atoms. The number of hydrogen-bond donors (Lipinski definition) is 10. The van der Waals surface area contributed by atoms with Crippen LogP contribution in [0.5, 0.6) is 5.75 Å². The fraction of sp³-hybridized carbons (Fsp3) is 0.409. The minimum Gasteiger partial charge on any atom is -0.508 e. The van der Waals surface area contributed by atoms with Crippen molar-refractivity contribution in [2.75, 3.05) is 13.6 Å². The van der Waals surface area contributed by atoms with Gasteiger partial charge in [0.05, 0.1) is 6.04 Å². The van der Waals surface area contributed by atoms with Gasteiger partial charge in [-0.3, -0.25) is 28.8 Å². The Morgan fingerprint density at radius 3 is 1.82 bits per heavy atom. The van der Waals surface area contributed by atoms with Crippen LogP contribution in [0.25, 0.3) is 10.9 Å². The van der Waals surface area contributed by atoms with Crippen molar-refractivity contribution < 1.29 is 33.9 Å². The van der Waals surface area contributed by atoms with Crippen molar-refractivity contribution in [1.82, 2.24) is 36.9 Å². The van der Waals surface area contributed by atoms with Gasteiger partial charge in [0.15, 0.2) is 0 Å². The van der Waals surface area contributed by atoms with E-state index in [-0.39, 0.29) is 31.4 Å². The molecule has 6 atom stereocenters. The molecule has 1 aromatic heterocycles. The van der Waals surface area contributed by atoms with E-state index in [0.717, 1.165) is 16.5 Å². The maximum absolute atomic E-state index is 14.4. The Morgan fingerprint density at radius 2 is 1.18 bits per heavy atom. The minimum absolute atomic E-state index is 0.0124. The van der Waals surface area contributed by atoms with Gasteiger partial charge in [-0.15, -0.1) is 0 Å². The lowest BCUT2D eigenvalue weighted by Crippen LogP contribution is -2.60. The van der Waals surface area contributed by atoms with Gasteiger partial charge in [-0.2, -0.15) is 0 Å². The fourth-order valence-corrected chi connectivity index (χ4v) is 6.66. The van der Waals surface area contributed by atoms with Crippen molar-refractivity contribution in [2.24, 2.45) is 17.4 Å². The van der Waals surface area contributed by atoms with E-state index >= 15 is 0 Å². The Kier molecular flexibility index (Phi) is 17.6. The number of benzene rings is 3. The fourth-order valence-electron chi connectivity index (χ4n) is 6.66. The highest BCUT2D eigenvalue weighted by Gasteiger charge is 2.34.